The van der Waals surface area contributed by atoms with Crippen molar-refractivity contribution in [3.63, 3.8) is 0 Å². The van der Waals surface area contributed by atoms with Crippen LogP contribution in [0.25, 0.3) is 0 Å². The van der Waals surface area contributed by atoms with Gasteiger partial charge in [0.1, 0.15) is 0 Å². The third kappa shape index (κ3) is 4.46. The Labute approximate surface area is 151 Å². The Bertz CT molecular complexity index is 828. The van der Waals surface area contributed by atoms with Gasteiger partial charge in [0.2, 0.25) is 10.0 Å². The summed E-state index contributed by atoms with van der Waals surface area (Å²) in [5.41, 5.74) is 0.351. The summed E-state index contributed by atoms with van der Waals surface area (Å²) < 4.78 is 32.8. The Hall–Kier alpha value is -1.74. The normalized spacial score (nSPS) is 17.6. The molecule has 2 heterocycles. The van der Waals surface area contributed by atoms with Crippen molar-refractivity contribution in [2.24, 2.45) is 0 Å². The average Bonchev–Trinajstić information content (AvgIpc) is 3.28. The Balaban J connectivity index is 1.74. The molecule has 3 rings (SSSR count). The summed E-state index contributed by atoms with van der Waals surface area (Å²) in [4.78, 5) is 15.3. The van der Waals surface area contributed by atoms with Crippen molar-refractivity contribution in [2.75, 3.05) is 20.3 Å². The van der Waals surface area contributed by atoms with Crippen molar-refractivity contribution in [1.29, 1.82) is 0 Å². The Morgan fingerprint density at radius 2 is 2.20 bits per heavy atom. The van der Waals surface area contributed by atoms with Crippen LogP contribution in [0.2, 0.25) is 0 Å². The van der Waals surface area contributed by atoms with E-state index in [4.69, 9.17) is 4.74 Å². The molecule has 8 heteroatoms. The lowest BCUT2D eigenvalue weighted by Gasteiger charge is -2.17. The zero-order valence-corrected chi connectivity index (χ0v) is 15.5. The minimum atomic E-state index is -3.67. The van der Waals surface area contributed by atoms with E-state index in [0.717, 1.165) is 4.88 Å². The lowest BCUT2D eigenvalue weighted by molar-refractivity contribution is 0.0786. The molecule has 6 nitrogen and oxygen atoms in total. The van der Waals surface area contributed by atoms with Gasteiger partial charge < -0.3 is 9.64 Å². The molecule has 1 unspecified atom stereocenters. The van der Waals surface area contributed by atoms with Crippen LogP contribution < -0.4 is 4.72 Å². The second kappa shape index (κ2) is 7.65. The number of rotatable bonds is 6. The SMILES string of the molecule is CN(Cc1cccs1)C(=O)c1cccc(S(=O)(=O)NC2CCOC2)c1. The van der Waals surface area contributed by atoms with Crippen molar-refractivity contribution >= 4 is 27.3 Å². The maximum Gasteiger partial charge on any atom is 0.253 e. The second-order valence-corrected chi connectivity index (χ2v) is 8.70. The van der Waals surface area contributed by atoms with Gasteiger partial charge in [-0.3, -0.25) is 4.79 Å². The number of benzene rings is 1. The number of nitrogens with one attached hydrogen (secondary N) is 1. The van der Waals surface area contributed by atoms with Gasteiger partial charge in [0, 0.05) is 30.1 Å². The molecule has 1 aromatic carbocycles. The van der Waals surface area contributed by atoms with Gasteiger partial charge in [-0.1, -0.05) is 12.1 Å². The van der Waals surface area contributed by atoms with Crippen LogP contribution >= 0.6 is 11.3 Å². The number of nitrogens with zero attached hydrogens (tertiary/aromatic N) is 1. The fourth-order valence-electron chi connectivity index (χ4n) is 2.64. The number of carbonyl (C=O) groups is 1. The summed E-state index contributed by atoms with van der Waals surface area (Å²) in [7, 11) is -1.97. The predicted molar refractivity (Wildman–Crippen MR) is 96.1 cm³/mol. The van der Waals surface area contributed by atoms with Crippen LogP contribution in [0.4, 0.5) is 0 Å². The Kier molecular flexibility index (Phi) is 5.53. The molecule has 0 saturated carbocycles. The number of hydrogen-bond acceptors (Lipinski definition) is 5. The van der Waals surface area contributed by atoms with Gasteiger partial charge in [0.15, 0.2) is 0 Å². The lowest BCUT2D eigenvalue weighted by Crippen LogP contribution is -2.35. The van der Waals surface area contributed by atoms with Crippen molar-refractivity contribution in [3.8, 4) is 0 Å². The van der Waals surface area contributed by atoms with Crippen LogP contribution in [0.1, 0.15) is 21.7 Å². The van der Waals surface area contributed by atoms with Gasteiger partial charge in [-0.2, -0.15) is 0 Å². The van der Waals surface area contributed by atoms with Crippen molar-refractivity contribution in [1.82, 2.24) is 9.62 Å². The molecule has 1 atom stereocenters. The van der Waals surface area contributed by atoms with E-state index in [2.05, 4.69) is 4.72 Å². The number of carbonyl (C=O) groups excluding carboxylic acids is 1. The van der Waals surface area contributed by atoms with E-state index >= 15 is 0 Å². The zero-order valence-electron chi connectivity index (χ0n) is 13.8. The van der Waals surface area contributed by atoms with Gasteiger partial charge in [0.25, 0.3) is 5.91 Å². The minimum Gasteiger partial charge on any atom is -0.380 e. The van der Waals surface area contributed by atoms with E-state index in [-0.39, 0.29) is 16.8 Å². The highest BCUT2D eigenvalue weighted by Gasteiger charge is 2.24. The average molecular weight is 380 g/mol. The highest BCUT2D eigenvalue weighted by Crippen LogP contribution is 2.17. The van der Waals surface area contributed by atoms with Gasteiger partial charge in [-0.05, 0) is 36.1 Å². The quantitative estimate of drug-likeness (QED) is 0.833. The summed E-state index contributed by atoms with van der Waals surface area (Å²) in [5.74, 6) is -0.213. The standard InChI is InChI=1S/C17H20N2O4S2/c1-19(11-15-5-3-9-24-15)17(20)13-4-2-6-16(10-13)25(21,22)18-14-7-8-23-12-14/h2-6,9-10,14,18H,7-8,11-12H2,1H3. The van der Waals surface area contributed by atoms with Crippen LogP contribution in [0, 0.1) is 0 Å². The first-order chi connectivity index (χ1) is 12.0. The van der Waals surface area contributed by atoms with Crippen molar-refractivity contribution in [3.05, 3.63) is 52.2 Å². The fraction of sp³-hybridized carbons (Fsp3) is 0.353. The van der Waals surface area contributed by atoms with Gasteiger partial charge >= 0.3 is 0 Å². The Morgan fingerprint density at radius 1 is 1.36 bits per heavy atom. The molecule has 0 bridgehead atoms. The molecule has 1 saturated heterocycles. The van der Waals surface area contributed by atoms with E-state index < -0.39 is 10.0 Å². The maximum atomic E-state index is 12.6. The highest BCUT2D eigenvalue weighted by molar-refractivity contribution is 7.89. The van der Waals surface area contributed by atoms with Crippen LogP contribution in [-0.2, 0) is 21.3 Å². The van der Waals surface area contributed by atoms with Gasteiger partial charge in [-0.25, -0.2) is 13.1 Å². The summed E-state index contributed by atoms with van der Waals surface area (Å²) in [6.07, 6.45) is 0.654. The molecule has 134 valence electrons. The lowest BCUT2D eigenvalue weighted by atomic mass is 10.2. The summed E-state index contributed by atoms with van der Waals surface area (Å²) in [5, 5.41) is 1.96. The van der Waals surface area contributed by atoms with E-state index in [1.807, 2.05) is 17.5 Å². The summed E-state index contributed by atoms with van der Waals surface area (Å²) in [6.45, 7) is 1.42. The number of amides is 1. The maximum absolute atomic E-state index is 12.6. The molecule has 25 heavy (non-hydrogen) atoms. The van der Waals surface area contributed by atoms with Crippen molar-refractivity contribution in [2.45, 2.75) is 23.9 Å². The number of ether oxygens (including phenoxy) is 1. The van der Waals surface area contributed by atoms with E-state index in [1.165, 1.54) is 12.1 Å². The number of hydrogen-bond donors (Lipinski definition) is 1. The monoisotopic (exact) mass is 380 g/mol. The fourth-order valence-corrected chi connectivity index (χ4v) is 4.70. The molecule has 1 aliphatic heterocycles. The molecule has 1 fully saturated rings. The van der Waals surface area contributed by atoms with Crippen LogP contribution in [-0.4, -0.2) is 45.5 Å². The van der Waals surface area contributed by atoms with Crippen LogP contribution in [0.15, 0.2) is 46.7 Å². The number of sulfonamides is 1. The molecular weight excluding hydrogens is 360 g/mol. The summed E-state index contributed by atoms with van der Waals surface area (Å²) in [6, 6.07) is 9.81. The van der Waals surface area contributed by atoms with Crippen LogP contribution in [0.5, 0.6) is 0 Å². The second-order valence-electron chi connectivity index (χ2n) is 5.95. The third-order valence-electron chi connectivity index (χ3n) is 3.96. The molecule has 2 aromatic rings. The smallest absolute Gasteiger partial charge is 0.253 e. The van der Waals surface area contributed by atoms with Crippen LogP contribution in [0.3, 0.4) is 0 Å². The first-order valence-electron chi connectivity index (χ1n) is 7.94. The van der Waals surface area contributed by atoms with E-state index in [9.17, 15) is 13.2 Å². The van der Waals surface area contributed by atoms with E-state index in [1.54, 1.807) is 35.4 Å². The van der Waals surface area contributed by atoms with Crippen molar-refractivity contribution < 1.29 is 17.9 Å². The van der Waals surface area contributed by atoms with Gasteiger partial charge in [-0.15, -0.1) is 11.3 Å². The minimum absolute atomic E-state index is 0.0924. The molecule has 1 aromatic heterocycles. The van der Waals surface area contributed by atoms with E-state index in [0.29, 0.717) is 31.7 Å². The topological polar surface area (TPSA) is 75.7 Å². The largest absolute Gasteiger partial charge is 0.380 e. The number of thiophene rings is 1. The first kappa shape index (κ1) is 18.1. The molecule has 1 aliphatic rings. The molecule has 0 aliphatic carbocycles. The molecule has 0 radical (unpaired) electrons. The third-order valence-corrected chi connectivity index (χ3v) is 6.34. The molecular formula is C17H20N2O4S2. The molecule has 1 amide bonds. The Morgan fingerprint density at radius 3 is 2.88 bits per heavy atom. The molecule has 0 spiro atoms. The molecule has 1 N–H and O–H groups in total. The zero-order chi connectivity index (χ0) is 17.9. The summed E-state index contributed by atoms with van der Waals surface area (Å²) >= 11 is 1.58. The van der Waals surface area contributed by atoms with Gasteiger partial charge in [0.05, 0.1) is 18.0 Å². The predicted octanol–water partition coefficient (Wildman–Crippen LogP) is 2.09. The first-order valence-corrected chi connectivity index (χ1v) is 10.3. The highest BCUT2D eigenvalue weighted by atomic mass is 32.2.